The molecule has 6 heteroatoms. The SMILES string of the molecule is CC(C)(C)OC(=O)N1CCC(CCCc2ccc(NC(=O)CO)cc2)CC1. The number of benzene rings is 1. The van der Waals surface area contributed by atoms with E-state index in [0.29, 0.717) is 11.6 Å². The lowest BCUT2D eigenvalue weighted by Gasteiger charge is -2.33. The Morgan fingerprint density at radius 2 is 1.81 bits per heavy atom. The molecule has 1 saturated heterocycles. The van der Waals surface area contributed by atoms with Crippen molar-refractivity contribution in [3.05, 3.63) is 29.8 Å². The van der Waals surface area contributed by atoms with Crippen molar-refractivity contribution in [3.8, 4) is 0 Å². The van der Waals surface area contributed by atoms with Crippen LogP contribution in [0.5, 0.6) is 0 Å². The first-order chi connectivity index (χ1) is 12.8. The molecule has 2 rings (SSSR count). The van der Waals surface area contributed by atoms with Gasteiger partial charge in [0.25, 0.3) is 0 Å². The predicted molar refractivity (Wildman–Crippen MR) is 106 cm³/mol. The Morgan fingerprint density at radius 1 is 1.19 bits per heavy atom. The van der Waals surface area contributed by atoms with Gasteiger partial charge in [0.15, 0.2) is 0 Å². The van der Waals surface area contributed by atoms with Crippen LogP contribution in [0.1, 0.15) is 52.0 Å². The van der Waals surface area contributed by atoms with Crippen molar-refractivity contribution in [2.75, 3.05) is 25.0 Å². The molecule has 2 N–H and O–H groups in total. The zero-order valence-electron chi connectivity index (χ0n) is 16.7. The maximum atomic E-state index is 12.1. The number of carbonyl (C=O) groups excluding carboxylic acids is 2. The van der Waals surface area contributed by atoms with Gasteiger partial charge < -0.3 is 20.1 Å². The lowest BCUT2D eigenvalue weighted by atomic mass is 9.91. The van der Waals surface area contributed by atoms with Crippen molar-refractivity contribution in [2.45, 2.75) is 58.5 Å². The summed E-state index contributed by atoms with van der Waals surface area (Å²) >= 11 is 0. The lowest BCUT2D eigenvalue weighted by Crippen LogP contribution is -2.41. The topological polar surface area (TPSA) is 78.9 Å². The molecule has 0 aromatic heterocycles. The van der Waals surface area contributed by atoms with Gasteiger partial charge in [-0.2, -0.15) is 0 Å². The number of aryl methyl sites for hydroxylation is 1. The Kier molecular flexibility index (Phi) is 7.66. The number of likely N-dealkylation sites (tertiary alicyclic amines) is 1. The molecule has 6 nitrogen and oxygen atoms in total. The highest BCUT2D eigenvalue weighted by atomic mass is 16.6. The van der Waals surface area contributed by atoms with Crippen LogP contribution in [0.25, 0.3) is 0 Å². The highest BCUT2D eigenvalue weighted by Gasteiger charge is 2.26. The summed E-state index contributed by atoms with van der Waals surface area (Å²) < 4.78 is 5.44. The average Bonchev–Trinajstić information content (AvgIpc) is 2.62. The third kappa shape index (κ3) is 7.59. The van der Waals surface area contributed by atoms with Crippen LogP contribution in [0.2, 0.25) is 0 Å². The highest BCUT2D eigenvalue weighted by molar-refractivity contribution is 5.91. The van der Waals surface area contributed by atoms with Crippen molar-refractivity contribution in [1.82, 2.24) is 4.90 Å². The molecule has 0 radical (unpaired) electrons. The van der Waals surface area contributed by atoms with E-state index in [-0.39, 0.29) is 6.09 Å². The van der Waals surface area contributed by atoms with E-state index in [1.807, 2.05) is 49.9 Å². The van der Waals surface area contributed by atoms with Crippen LogP contribution in [-0.4, -0.2) is 47.3 Å². The summed E-state index contributed by atoms with van der Waals surface area (Å²) in [4.78, 5) is 25.1. The Morgan fingerprint density at radius 3 is 2.37 bits per heavy atom. The number of nitrogens with one attached hydrogen (secondary N) is 1. The minimum atomic E-state index is -0.505. The molecule has 1 aliphatic heterocycles. The summed E-state index contributed by atoms with van der Waals surface area (Å²) in [6.45, 7) is 6.73. The van der Waals surface area contributed by atoms with Crippen molar-refractivity contribution in [2.24, 2.45) is 5.92 Å². The van der Waals surface area contributed by atoms with E-state index in [1.54, 1.807) is 0 Å². The van der Waals surface area contributed by atoms with E-state index < -0.39 is 18.1 Å². The molecule has 0 spiro atoms. The lowest BCUT2D eigenvalue weighted by molar-refractivity contribution is -0.118. The van der Waals surface area contributed by atoms with Gasteiger partial charge in [-0.05, 0) is 76.5 Å². The van der Waals surface area contributed by atoms with Gasteiger partial charge in [0, 0.05) is 18.8 Å². The standard InChI is InChI=1S/C21H32N2O4/c1-21(2,3)27-20(26)23-13-11-17(12-14-23)6-4-5-16-7-9-18(10-8-16)22-19(25)15-24/h7-10,17,24H,4-6,11-15H2,1-3H3,(H,22,25). The van der Waals surface area contributed by atoms with Gasteiger partial charge in [-0.25, -0.2) is 4.79 Å². The van der Waals surface area contributed by atoms with Crippen molar-refractivity contribution in [1.29, 1.82) is 0 Å². The second-order valence-electron chi connectivity index (χ2n) is 8.21. The Labute approximate surface area is 161 Å². The van der Waals surface area contributed by atoms with Gasteiger partial charge in [0.05, 0.1) is 0 Å². The number of hydrogen-bond donors (Lipinski definition) is 2. The first kappa shape index (κ1) is 21.2. The first-order valence-electron chi connectivity index (χ1n) is 9.74. The quantitative estimate of drug-likeness (QED) is 0.795. The second kappa shape index (κ2) is 9.74. The third-order valence-electron chi connectivity index (χ3n) is 4.73. The van der Waals surface area contributed by atoms with Gasteiger partial charge in [0.2, 0.25) is 5.91 Å². The normalized spacial score (nSPS) is 15.5. The summed E-state index contributed by atoms with van der Waals surface area (Å²) in [5, 5.41) is 11.4. The molecule has 1 fully saturated rings. The van der Waals surface area contributed by atoms with Crippen molar-refractivity contribution >= 4 is 17.7 Å². The largest absolute Gasteiger partial charge is 0.444 e. The second-order valence-corrected chi connectivity index (χ2v) is 8.21. The summed E-state index contributed by atoms with van der Waals surface area (Å²) in [6.07, 6.45) is 5.14. The number of nitrogens with zero attached hydrogens (tertiary/aromatic N) is 1. The molecule has 1 aliphatic rings. The maximum absolute atomic E-state index is 12.1. The molecular formula is C21H32N2O4. The van der Waals surface area contributed by atoms with Gasteiger partial charge >= 0.3 is 6.09 Å². The maximum Gasteiger partial charge on any atom is 0.410 e. The van der Waals surface area contributed by atoms with Crippen LogP contribution in [-0.2, 0) is 16.0 Å². The van der Waals surface area contributed by atoms with Crippen LogP contribution in [0.3, 0.4) is 0 Å². The third-order valence-corrected chi connectivity index (χ3v) is 4.73. The zero-order valence-corrected chi connectivity index (χ0v) is 16.7. The fourth-order valence-electron chi connectivity index (χ4n) is 3.28. The van der Waals surface area contributed by atoms with Crippen molar-refractivity contribution in [3.63, 3.8) is 0 Å². The number of carbonyl (C=O) groups is 2. The predicted octanol–water partition coefficient (Wildman–Crippen LogP) is 3.59. The Balaban J connectivity index is 1.67. The Hall–Kier alpha value is -2.08. The average molecular weight is 376 g/mol. The molecular weight excluding hydrogens is 344 g/mol. The van der Waals surface area contributed by atoms with E-state index in [4.69, 9.17) is 9.84 Å². The number of amides is 2. The molecule has 2 amide bonds. The number of aliphatic hydroxyl groups excluding tert-OH is 1. The fraction of sp³-hybridized carbons (Fsp3) is 0.619. The van der Waals surface area contributed by atoms with Crippen LogP contribution < -0.4 is 5.32 Å². The van der Waals surface area contributed by atoms with E-state index >= 15 is 0 Å². The van der Waals surface area contributed by atoms with Crippen LogP contribution in [0.4, 0.5) is 10.5 Å². The van der Waals surface area contributed by atoms with Crippen LogP contribution >= 0.6 is 0 Å². The molecule has 1 heterocycles. The highest BCUT2D eigenvalue weighted by Crippen LogP contribution is 2.24. The van der Waals surface area contributed by atoms with Crippen LogP contribution in [0.15, 0.2) is 24.3 Å². The van der Waals surface area contributed by atoms with Crippen LogP contribution in [0, 0.1) is 5.92 Å². The number of aliphatic hydroxyl groups is 1. The van der Waals surface area contributed by atoms with E-state index in [1.165, 1.54) is 5.56 Å². The molecule has 0 unspecified atom stereocenters. The molecule has 0 saturated carbocycles. The Bertz CT molecular complexity index is 614. The van der Waals surface area contributed by atoms with Gasteiger partial charge in [-0.1, -0.05) is 12.1 Å². The number of anilines is 1. The van der Waals surface area contributed by atoms with E-state index in [2.05, 4.69) is 5.32 Å². The number of rotatable bonds is 6. The summed E-state index contributed by atoms with van der Waals surface area (Å²) in [7, 11) is 0. The molecule has 0 atom stereocenters. The smallest absolute Gasteiger partial charge is 0.410 e. The van der Waals surface area contributed by atoms with E-state index in [9.17, 15) is 9.59 Å². The minimum absolute atomic E-state index is 0.200. The molecule has 1 aromatic carbocycles. The summed E-state index contributed by atoms with van der Waals surface area (Å²) in [6, 6.07) is 7.75. The summed E-state index contributed by atoms with van der Waals surface area (Å²) in [5.41, 5.74) is 1.50. The number of ether oxygens (including phenoxy) is 1. The fourth-order valence-corrected chi connectivity index (χ4v) is 3.28. The van der Waals surface area contributed by atoms with Gasteiger partial charge in [0.1, 0.15) is 12.2 Å². The minimum Gasteiger partial charge on any atom is -0.444 e. The van der Waals surface area contributed by atoms with Crippen molar-refractivity contribution < 1.29 is 19.4 Å². The number of hydrogen-bond acceptors (Lipinski definition) is 4. The molecule has 0 bridgehead atoms. The zero-order chi connectivity index (χ0) is 19.9. The molecule has 0 aliphatic carbocycles. The number of piperidine rings is 1. The summed E-state index contributed by atoms with van der Waals surface area (Å²) in [5.74, 6) is 0.257. The molecule has 150 valence electrons. The first-order valence-corrected chi connectivity index (χ1v) is 9.74. The van der Waals surface area contributed by atoms with Gasteiger partial charge in [-0.3, -0.25) is 4.79 Å². The molecule has 1 aromatic rings. The molecule has 27 heavy (non-hydrogen) atoms. The monoisotopic (exact) mass is 376 g/mol. The van der Waals surface area contributed by atoms with Gasteiger partial charge in [-0.15, -0.1) is 0 Å². The van der Waals surface area contributed by atoms with E-state index in [0.717, 1.165) is 45.2 Å².